The summed E-state index contributed by atoms with van der Waals surface area (Å²) in [5, 5.41) is 8.38. The van der Waals surface area contributed by atoms with Gasteiger partial charge in [0, 0.05) is 5.56 Å². The summed E-state index contributed by atoms with van der Waals surface area (Å²) >= 11 is 1.37. The Labute approximate surface area is 142 Å². The highest BCUT2D eigenvalue weighted by molar-refractivity contribution is 7.15. The molecule has 0 saturated heterocycles. The first-order chi connectivity index (χ1) is 11.6. The zero-order valence-electron chi connectivity index (χ0n) is 13.4. The van der Waals surface area contributed by atoms with E-state index in [2.05, 4.69) is 16.3 Å². The molecule has 0 bridgehead atoms. The van der Waals surface area contributed by atoms with Crippen molar-refractivity contribution in [2.24, 2.45) is 0 Å². The van der Waals surface area contributed by atoms with Crippen molar-refractivity contribution in [3.05, 3.63) is 80.1 Å². The molecule has 4 rings (SSSR count). The van der Waals surface area contributed by atoms with Crippen LogP contribution in [-0.4, -0.2) is 14.6 Å². The first-order valence-electron chi connectivity index (χ1n) is 7.65. The predicted molar refractivity (Wildman–Crippen MR) is 97.3 cm³/mol. The van der Waals surface area contributed by atoms with Gasteiger partial charge in [0.1, 0.15) is 0 Å². The molecular formula is C19H15N3OS. The minimum atomic E-state index is -0.0713. The van der Waals surface area contributed by atoms with Gasteiger partial charge in [-0.25, -0.2) is 4.40 Å². The molecule has 2 heterocycles. The maximum atomic E-state index is 12.8. The van der Waals surface area contributed by atoms with Crippen LogP contribution in [0.3, 0.4) is 0 Å². The normalized spacial score (nSPS) is 12.2. The maximum Gasteiger partial charge on any atom is 0.276 e. The number of thiazole rings is 1. The molecule has 0 fully saturated rings. The minimum Gasteiger partial charge on any atom is -0.267 e. The molecule has 0 saturated carbocycles. The molecule has 0 amide bonds. The van der Waals surface area contributed by atoms with Crippen molar-refractivity contribution in [1.29, 1.82) is 0 Å². The number of rotatable bonds is 2. The van der Waals surface area contributed by atoms with E-state index in [4.69, 9.17) is 0 Å². The largest absolute Gasteiger partial charge is 0.276 e. The fourth-order valence-corrected chi connectivity index (χ4v) is 3.66. The topological polar surface area (TPSA) is 47.3 Å². The van der Waals surface area contributed by atoms with Crippen LogP contribution >= 0.6 is 11.3 Å². The van der Waals surface area contributed by atoms with Crippen LogP contribution in [0.1, 0.15) is 16.7 Å². The van der Waals surface area contributed by atoms with Gasteiger partial charge in [0.15, 0.2) is 5.82 Å². The highest BCUT2D eigenvalue weighted by Gasteiger charge is 2.14. The van der Waals surface area contributed by atoms with E-state index < -0.39 is 0 Å². The van der Waals surface area contributed by atoms with Crippen molar-refractivity contribution in [3.63, 3.8) is 0 Å². The van der Waals surface area contributed by atoms with E-state index in [9.17, 15) is 4.79 Å². The van der Waals surface area contributed by atoms with Gasteiger partial charge in [-0.15, -0.1) is 10.2 Å². The van der Waals surface area contributed by atoms with Gasteiger partial charge >= 0.3 is 0 Å². The van der Waals surface area contributed by atoms with Crippen molar-refractivity contribution in [2.75, 3.05) is 0 Å². The van der Waals surface area contributed by atoms with Gasteiger partial charge in [-0.1, -0.05) is 64.9 Å². The Balaban J connectivity index is 1.93. The van der Waals surface area contributed by atoms with Crippen molar-refractivity contribution in [2.45, 2.75) is 13.8 Å². The van der Waals surface area contributed by atoms with Gasteiger partial charge in [0.25, 0.3) is 5.56 Å². The summed E-state index contributed by atoms with van der Waals surface area (Å²) < 4.78 is 2.26. The molecule has 4 aromatic rings. The number of benzene rings is 2. The quantitative estimate of drug-likeness (QED) is 0.566. The van der Waals surface area contributed by atoms with Crippen LogP contribution < -0.4 is 10.1 Å². The zero-order chi connectivity index (χ0) is 16.7. The van der Waals surface area contributed by atoms with Crippen molar-refractivity contribution in [1.82, 2.24) is 14.6 Å². The molecule has 2 aromatic heterocycles. The number of aromatic nitrogens is 3. The summed E-state index contributed by atoms with van der Waals surface area (Å²) in [5.41, 5.74) is 4.14. The Morgan fingerprint density at radius 3 is 2.50 bits per heavy atom. The number of aryl methyl sites for hydroxylation is 2. The molecule has 0 unspecified atom stereocenters. The number of hydrogen-bond donors (Lipinski definition) is 0. The molecule has 5 heteroatoms. The molecule has 0 aliphatic rings. The summed E-state index contributed by atoms with van der Waals surface area (Å²) in [7, 11) is 0. The number of nitrogens with zero attached hydrogens (tertiary/aromatic N) is 3. The smallest absolute Gasteiger partial charge is 0.267 e. The first-order valence-corrected chi connectivity index (χ1v) is 8.47. The summed E-state index contributed by atoms with van der Waals surface area (Å²) in [6.45, 7) is 4.06. The number of fused-ring (bicyclic) bond motifs is 1. The fourth-order valence-electron chi connectivity index (χ4n) is 2.74. The van der Waals surface area contributed by atoms with Crippen LogP contribution in [0.15, 0.2) is 53.3 Å². The highest BCUT2D eigenvalue weighted by atomic mass is 32.1. The molecule has 0 radical (unpaired) electrons. The number of hydrogen-bond acceptors (Lipinski definition) is 4. The summed E-state index contributed by atoms with van der Waals surface area (Å²) in [4.78, 5) is 13.4. The Hall–Kier alpha value is -2.79. The molecule has 118 valence electrons. The second-order valence-electron chi connectivity index (χ2n) is 5.84. The maximum absolute atomic E-state index is 12.8. The van der Waals surface area contributed by atoms with Crippen molar-refractivity contribution < 1.29 is 0 Å². The van der Waals surface area contributed by atoms with E-state index in [1.165, 1.54) is 16.9 Å². The van der Waals surface area contributed by atoms with E-state index in [0.717, 1.165) is 16.7 Å². The van der Waals surface area contributed by atoms with Gasteiger partial charge in [-0.3, -0.25) is 4.79 Å². The summed E-state index contributed by atoms with van der Waals surface area (Å²) in [6.07, 6.45) is 1.91. The zero-order valence-corrected chi connectivity index (χ0v) is 14.2. The Morgan fingerprint density at radius 2 is 1.75 bits per heavy atom. The Morgan fingerprint density at radius 1 is 1.00 bits per heavy atom. The van der Waals surface area contributed by atoms with Gasteiger partial charge in [0.2, 0.25) is 4.96 Å². The Kier molecular flexibility index (Phi) is 3.50. The summed E-state index contributed by atoms with van der Waals surface area (Å²) in [6, 6.07) is 16.0. The summed E-state index contributed by atoms with van der Waals surface area (Å²) in [5.74, 6) is 0.596. The molecule has 24 heavy (non-hydrogen) atoms. The molecular weight excluding hydrogens is 318 g/mol. The lowest BCUT2D eigenvalue weighted by Gasteiger charge is -1.98. The Bertz CT molecular complexity index is 1160. The third kappa shape index (κ3) is 2.53. The molecule has 0 atom stereocenters. The third-order valence-electron chi connectivity index (χ3n) is 3.86. The first kappa shape index (κ1) is 14.8. The van der Waals surface area contributed by atoms with Gasteiger partial charge in [-0.05, 0) is 31.6 Å². The van der Waals surface area contributed by atoms with Crippen LogP contribution in [0.4, 0.5) is 0 Å². The van der Waals surface area contributed by atoms with E-state index in [1.54, 1.807) is 4.40 Å². The van der Waals surface area contributed by atoms with Crippen LogP contribution in [0, 0.1) is 13.8 Å². The molecule has 4 nitrogen and oxygen atoms in total. The van der Waals surface area contributed by atoms with Crippen molar-refractivity contribution >= 4 is 22.4 Å². The lowest BCUT2D eigenvalue weighted by molar-refractivity contribution is 1.09. The van der Waals surface area contributed by atoms with E-state index in [0.29, 0.717) is 15.3 Å². The second-order valence-corrected chi connectivity index (χ2v) is 6.85. The predicted octanol–water partition coefficient (Wildman–Crippen LogP) is 2.98. The second kappa shape index (κ2) is 5.69. The average molecular weight is 333 g/mol. The molecule has 2 aromatic carbocycles. The minimum absolute atomic E-state index is 0.0713. The third-order valence-corrected chi connectivity index (χ3v) is 4.82. The van der Waals surface area contributed by atoms with Gasteiger partial charge in [-0.2, -0.15) is 0 Å². The van der Waals surface area contributed by atoms with E-state index in [1.807, 2.05) is 62.4 Å². The van der Waals surface area contributed by atoms with E-state index in [-0.39, 0.29) is 5.56 Å². The highest BCUT2D eigenvalue weighted by Crippen LogP contribution is 2.18. The molecule has 0 N–H and O–H groups in total. The van der Waals surface area contributed by atoms with Crippen LogP contribution in [0.5, 0.6) is 0 Å². The average Bonchev–Trinajstić information content (AvgIpc) is 3.09. The SMILES string of the molecule is Cc1cccc(/C=c2\sc3nnc(-c4cccc(C)c4)n3c2=O)c1. The van der Waals surface area contributed by atoms with Crippen LogP contribution in [-0.2, 0) is 0 Å². The standard InChI is InChI=1S/C19H15N3OS/c1-12-5-3-7-14(9-12)11-16-18(23)22-17(20-21-19(22)24-16)15-8-4-6-13(2)10-15/h3-11H,1-2H3/b16-11-. The fraction of sp³-hybridized carbons (Fsp3) is 0.105. The van der Waals surface area contributed by atoms with Crippen LogP contribution in [0.25, 0.3) is 22.4 Å². The molecule has 0 spiro atoms. The van der Waals surface area contributed by atoms with E-state index >= 15 is 0 Å². The van der Waals surface area contributed by atoms with Gasteiger partial charge in [0.05, 0.1) is 4.53 Å². The van der Waals surface area contributed by atoms with Crippen LogP contribution in [0.2, 0.25) is 0 Å². The molecule has 0 aliphatic carbocycles. The lowest BCUT2D eigenvalue weighted by Crippen LogP contribution is -2.23. The lowest BCUT2D eigenvalue weighted by atomic mass is 10.1. The monoisotopic (exact) mass is 333 g/mol. The van der Waals surface area contributed by atoms with Crippen molar-refractivity contribution in [3.8, 4) is 11.4 Å². The molecule has 0 aliphatic heterocycles. The van der Waals surface area contributed by atoms with Gasteiger partial charge < -0.3 is 0 Å².